The summed E-state index contributed by atoms with van der Waals surface area (Å²) in [5, 5.41) is 2.63. The number of halogens is 1. The molecule has 0 spiro atoms. The predicted molar refractivity (Wildman–Crippen MR) is 102 cm³/mol. The van der Waals surface area contributed by atoms with Crippen LogP contribution in [0.15, 0.2) is 24.3 Å². The van der Waals surface area contributed by atoms with Crippen molar-refractivity contribution in [1.82, 2.24) is 14.5 Å². The molecule has 1 amide bonds. The normalized spacial score (nSPS) is 11.0. The smallest absolute Gasteiger partial charge is 0.243 e. The molecule has 0 bridgehead atoms. The van der Waals surface area contributed by atoms with Crippen LogP contribution in [0.2, 0.25) is 0 Å². The average molecular weight is 370 g/mol. The van der Waals surface area contributed by atoms with E-state index in [2.05, 4.69) is 26.8 Å². The van der Waals surface area contributed by atoms with Crippen LogP contribution in [0.4, 0.5) is 10.3 Å². The summed E-state index contributed by atoms with van der Waals surface area (Å²) in [6.07, 6.45) is 0.953. The summed E-state index contributed by atoms with van der Waals surface area (Å²) in [6.45, 7) is 8.60. The van der Waals surface area contributed by atoms with Crippen LogP contribution in [0.5, 0.6) is 5.88 Å². The number of amides is 1. The molecule has 0 radical (unpaired) electrons. The van der Waals surface area contributed by atoms with Crippen molar-refractivity contribution in [3.8, 4) is 5.88 Å². The summed E-state index contributed by atoms with van der Waals surface area (Å²) >= 11 is 0. The molecule has 0 fully saturated rings. The summed E-state index contributed by atoms with van der Waals surface area (Å²) in [6, 6.07) is 6.13. The van der Waals surface area contributed by atoms with Crippen molar-refractivity contribution in [3.05, 3.63) is 46.9 Å². The van der Waals surface area contributed by atoms with E-state index in [1.807, 2.05) is 13.8 Å². The van der Waals surface area contributed by atoms with Crippen LogP contribution < -0.4 is 10.1 Å². The minimum absolute atomic E-state index is 0.209. The van der Waals surface area contributed by atoms with Crippen molar-refractivity contribution in [2.24, 2.45) is 0 Å². The second-order valence-corrected chi connectivity index (χ2v) is 6.51. The Kier molecular flexibility index (Phi) is 5.39. The molecular formula is C20H23FN4O2. The molecule has 2 aromatic heterocycles. The van der Waals surface area contributed by atoms with Crippen LogP contribution in [0.25, 0.3) is 11.0 Å². The first-order valence-corrected chi connectivity index (χ1v) is 8.93. The maximum atomic E-state index is 13.1. The summed E-state index contributed by atoms with van der Waals surface area (Å²) in [4.78, 5) is 20.4. The number of nitrogens with one attached hydrogen (secondary N) is 1. The summed E-state index contributed by atoms with van der Waals surface area (Å²) in [7, 11) is 0. The van der Waals surface area contributed by atoms with Gasteiger partial charge in [-0.2, -0.15) is 4.98 Å². The third-order valence-electron chi connectivity index (χ3n) is 4.45. The lowest BCUT2D eigenvalue weighted by molar-refractivity contribution is -0.114. The van der Waals surface area contributed by atoms with Crippen LogP contribution in [0.1, 0.15) is 37.1 Å². The number of rotatable bonds is 6. The Bertz CT molecular complexity index is 980. The molecule has 0 aliphatic heterocycles. The molecule has 3 rings (SSSR count). The third-order valence-corrected chi connectivity index (χ3v) is 4.45. The lowest BCUT2D eigenvalue weighted by atomic mass is 10.2. The molecule has 0 saturated heterocycles. The number of carbonyl (C=O) groups excluding carboxylic acids is 1. The second-order valence-electron chi connectivity index (χ2n) is 6.51. The van der Waals surface area contributed by atoms with Crippen molar-refractivity contribution in [2.45, 2.75) is 47.3 Å². The number of ether oxygens (including phenoxy) is 1. The van der Waals surface area contributed by atoms with Crippen molar-refractivity contribution >= 4 is 22.9 Å². The standard InChI is InChI=1S/C20H23FN4O2/c1-5-10-25-13(3)12(2)17-18(25)19(24-20(23-17)22-14(4)26)27-11-15-6-8-16(21)9-7-15/h6-9H,5,10-11H2,1-4H3,(H,22,23,24,26). The number of aromatic nitrogens is 3. The van der Waals surface area contributed by atoms with Gasteiger partial charge < -0.3 is 9.30 Å². The Morgan fingerprint density at radius 2 is 1.93 bits per heavy atom. The van der Waals surface area contributed by atoms with Gasteiger partial charge in [0.15, 0.2) is 0 Å². The number of carbonyl (C=O) groups is 1. The van der Waals surface area contributed by atoms with Gasteiger partial charge in [-0.25, -0.2) is 9.37 Å². The van der Waals surface area contributed by atoms with Gasteiger partial charge >= 0.3 is 0 Å². The van der Waals surface area contributed by atoms with Crippen LogP contribution in [-0.2, 0) is 17.9 Å². The minimum atomic E-state index is -0.292. The fourth-order valence-electron chi connectivity index (χ4n) is 3.03. The van der Waals surface area contributed by atoms with E-state index >= 15 is 0 Å². The fraction of sp³-hybridized carbons (Fsp3) is 0.350. The van der Waals surface area contributed by atoms with Gasteiger partial charge in [-0.1, -0.05) is 19.1 Å². The van der Waals surface area contributed by atoms with Gasteiger partial charge in [-0.15, -0.1) is 0 Å². The van der Waals surface area contributed by atoms with E-state index in [1.54, 1.807) is 12.1 Å². The molecule has 0 aliphatic carbocycles. The molecule has 0 atom stereocenters. The largest absolute Gasteiger partial charge is 0.471 e. The van der Waals surface area contributed by atoms with Gasteiger partial charge in [0.1, 0.15) is 23.5 Å². The molecule has 6 nitrogen and oxygen atoms in total. The Hall–Kier alpha value is -2.96. The van der Waals surface area contributed by atoms with Crippen molar-refractivity contribution in [2.75, 3.05) is 5.32 Å². The Morgan fingerprint density at radius 1 is 1.22 bits per heavy atom. The molecule has 7 heteroatoms. The fourth-order valence-corrected chi connectivity index (χ4v) is 3.03. The minimum Gasteiger partial charge on any atom is -0.471 e. The first-order valence-electron chi connectivity index (χ1n) is 8.93. The van der Waals surface area contributed by atoms with Crippen molar-refractivity contribution < 1.29 is 13.9 Å². The molecule has 27 heavy (non-hydrogen) atoms. The zero-order valence-electron chi connectivity index (χ0n) is 16.0. The van der Waals surface area contributed by atoms with E-state index in [1.165, 1.54) is 19.1 Å². The number of fused-ring (bicyclic) bond motifs is 1. The van der Waals surface area contributed by atoms with Gasteiger partial charge in [0.25, 0.3) is 0 Å². The third kappa shape index (κ3) is 3.92. The van der Waals surface area contributed by atoms with E-state index < -0.39 is 0 Å². The Morgan fingerprint density at radius 3 is 2.56 bits per heavy atom. The average Bonchev–Trinajstić information content (AvgIpc) is 2.86. The maximum Gasteiger partial charge on any atom is 0.243 e. The highest BCUT2D eigenvalue weighted by atomic mass is 19.1. The first kappa shape index (κ1) is 18.8. The molecule has 0 saturated carbocycles. The first-order chi connectivity index (χ1) is 12.9. The molecule has 1 aromatic carbocycles. The molecular weight excluding hydrogens is 347 g/mol. The van der Waals surface area contributed by atoms with Crippen molar-refractivity contribution in [1.29, 1.82) is 0 Å². The number of hydrogen-bond acceptors (Lipinski definition) is 4. The summed E-state index contributed by atoms with van der Waals surface area (Å²) < 4.78 is 21.2. The molecule has 0 aliphatic rings. The van der Waals surface area contributed by atoms with Gasteiger partial charge in [0.2, 0.25) is 17.7 Å². The van der Waals surface area contributed by atoms with Gasteiger partial charge in [0, 0.05) is 19.2 Å². The quantitative estimate of drug-likeness (QED) is 0.708. The number of aryl methyl sites for hydroxylation is 2. The van der Waals surface area contributed by atoms with Crippen LogP contribution in [-0.4, -0.2) is 20.4 Å². The molecule has 1 N–H and O–H groups in total. The maximum absolute atomic E-state index is 13.1. The highest BCUT2D eigenvalue weighted by molar-refractivity contribution is 5.90. The van der Waals surface area contributed by atoms with Gasteiger partial charge in [0.05, 0.1) is 0 Å². The van der Waals surface area contributed by atoms with Crippen LogP contribution in [0.3, 0.4) is 0 Å². The monoisotopic (exact) mass is 370 g/mol. The molecule has 2 heterocycles. The van der Waals surface area contributed by atoms with E-state index in [0.717, 1.165) is 40.8 Å². The Balaban J connectivity index is 2.07. The molecule has 3 aromatic rings. The van der Waals surface area contributed by atoms with E-state index in [0.29, 0.717) is 5.88 Å². The number of anilines is 1. The van der Waals surface area contributed by atoms with Crippen LogP contribution in [0, 0.1) is 19.7 Å². The summed E-state index contributed by atoms with van der Waals surface area (Å²) in [5.74, 6) is 0.0685. The topological polar surface area (TPSA) is 69.0 Å². The molecule has 0 unspecified atom stereocenters. The van der Waals surface area contributed by atoms with E-state index in [9.17, 15) is 9.18 Å². The van der Waals surface area contributed by atoms with E-state index in [-0.39, 0.29) is 24.3 Å². The number of hydrogen-bond donors (Lipinski definition) is 1. The van der Waals surface area contributed by atoms with Gasteiger partial charge in [-0.3, -0.25) is 10.1 Å². The SMILES string of the molecule is CCCn1c(C)c(C)c2nc(NC(C)=O)nc(OCc3ccc(F)cc3)c21. The highest BCUT2D eigenvalue weighted by Gasteiger charge is 2.20. The lowest BCUT2D eigenvalue weighted by Crippen LogP contribution is -2.11. The zero-order chi connectivity index (χ0) is 19.6. The van der Waals surface area contributed by atoms with Gasteiger partial charge in [-0.05, 0) is 43.5 Å². The zero-order valence-corrected chi connectivity index (χ0v) is 16.0. The second kappa shape index (κ2) is 7.73. The van der Waals surface area contributed by atoms with E-state index in [4.69, 9.17) is 4.74 Å². The van der Waals surface area contributed by atoms with Crippen molar-refractivity contribution in [3.63, 3.8) is 0 Å². The van der Waals surface area contributed by atoms with Crippen LogP contribution >= 0.6 is 0 Å². The highest BCUT2D eigenvalue weighted by Crippen LogP contribution is 2.32. The lowest BCUT2D eigenvalue weighted by Gasteiger charge is -2.12. The number of nitrogens with zero attached hydrogens (tertiary/aromatic N) is 3. The summed E-state index contributed by atoms with van der Waals surface area (Å²) in [5.41, 5.74) is 4.51. The Labute approximate surface area is 157 Å². The number of benzene rings is 1. The predicted octanol–water partition coefficient (Wildman–Crippen LogP) is 4.13. The molecule has 142 valence electrons.